The third kappa shape index (κ3) is 7.29. The van der Waals surface area contributed by atoms with E-state index in [4.69, 9.17) is 4.74 Å². The minimum Gasteiger partial charge on any atom is -0.496 e. The number of allylic oxidation sites excluding steroid dienone is 2. The van der Waals surface area contributed by atoms with Gasteiger partial charge in [0.1, 0.15) is 12.1 Å². The van der Waals surface area contributed by atoms with Crippen LogP contribution in [0.25, 0.3) is 16.9 Å². The lowest BCUT2D eigenvalue weighted by Crippen LogP contribution is -2.50. The van der Waals surface area contributed by atoms with Crippen molar-refractivity contribution in [1.82, 2.24) is 19.8 Å². The number of rotatable bonds is 5. The molecule has 0 saturated carbocycles. The van der Waals surface area contributed by atoms with Gasteiger partial charge in [-0.25, -0.2) is 4.99 Å². The van der Waals surface area contributed by atoms with Crippen LogP contribution in [0.3, 0.4) is 0 Å². The summed E-state index contributed by atoms with van der Waals surface area (Å²) >= 11 is 0. The molecule has 6 rings (SSSR count). The standard InChI is InChI=1S/C28H34N3O2S.C6H9N3/c1-20-17-21(5-12-28(20)33-3)27-19-22-18-24(30-15-13-29(2)14-16-30)8-11-26(22)31(27)23-6-9-25(10-7-23)34(4)32;1-5-3-6(2)9-8-4-7-5/h5-7,9-10,12,17,19,24H,4,8,11,13-16,18H2,1-3H3;3-4,9H,1-2H3/q-1;. The second-order valence-electron chi connectivity index (χ2n) is 11.6. The number of benzene rings is 2. The van der Waals surface area contributed by atoms with Crippen molar-refractivity contribution in [2.45, 2.75) is 51.0 Å². The van der Waals surface area contributed by atoms with Crippen LogP contribution in [-0.2, 0) is 27.4 Å². The highest BCUT2D eigenvalue weighted by Gasteiger charge is 2.30. The number of fused-ring (bicyclic) bond motifs is 1. The lowest BCUT2D eigenvalue weighted by molar-refractivity contribution is 0.103. The minimum atomic E-state index is -1.23. The first-order valence-electron chi connectivity index (χ1n) is 14.9. The first-order valence-corrected chi connectivity index (χ1v) is 16.2. The number of nitrogens with zero attached hydrogens (tertiary/aromatic N) is 5. The molecule has 2 aliphatic heterocycles. The van der Waals surface area contributed by atoms with E-state index in [1.807, 2.05) is 32.1 Å². The Kier molecular flexibility index (Phi) is 9.85. The lowest BCUT2D eigenvalue weighted by atomic mass is 9.91. The Labute approximate surface area is 257 Å². The normalized spacial score (nSPS) is 19.0. The molecule has 1 unspecified atom stereocenters. The van der Waals surface area contributed by atoms with Crippen LogP contribution in [0.15, 0.2) is 75.3 Å². The predicted octanol–water partition coefficient (Wildman–Crippen LogP) is 5.22. The molecule has 9 heteroatoms. The number of piperazine rings is 1. The predicted molar refractivity (Wildman–Crippen MR) is 179 cm³/mol. The number of aromatic nitrogens is 1. The fraction of sp³-hybridized carbons (Fsp3) is 0.382. The summed E-state index contributed by atoms with van der Waals surface area (Å²) in [6.07, 6.45) is 6.78. The highest BCUT2D eigenvalue weighted by atomic mass is 32.2. The van der Waals surface area contributed by atoms with Gasteiger partial charge in [-0.1, -0.05) is 12.1 Å². The Balaban J connectivity index is 0.000000351. The molecule has 3 aliphatic rings. The van der Waals surface area contributed by atoms with Crippen LogP contribution in [0.1, 0.15) is 37.1 Å². The van der Waals surface area contributed by atoms with Crippen LogP contribution in [0, 0.1) is 6.92 Å². The Hall–Kier alpha value is -3.66. The van der Waals surface area contributed by atoms with Crippen molar-refractivity contribution in [2.75, 3.05) is 40.3 Å². The third-order valence-electron chi connectivity index (χ3n) is 8.45. The maximum Gasteiger partial charge on any atom is 0.135 e. The van der Waals surface area contributed by atoms with Gasteiger partial charge in [-0.2, -0.15) is 11.0 Å². The van der Waals surface area contributed by atoms with Gasteiger partial charge >= 0.3 is 0 Å². The summed E-state index contributed by atoms with van der Waals surface area (Å²) in [5, 5.41) is 3.77. The van der Waals surface area contributed by atoms with Crippen LogP contribution in [-0.4, -0.2) is 78.7 Å². The smallest absolute Gasteiger partial charge is 0.135 e. The van der Waals surface area contributed by atoms with Gasteiger partial charge in [0.05, 0.1) is 12.8 Å². The molecule has 1 N–H and O–H groups in total. The van der Waals surface area contributed by atoms with Gasteiger partial charge in [-0.05, 0) is 106 Å². The molecule has 0 radical (unpaired) electrons. The van der Waals surface area contributed by atoms with Gasteiger partial charge in [0.15, 0.2) is 0 Å². The molecule has 0 spiro atoms. The highest BCUT2D eigenvalue weighted by molar-refractivity contribution is 7.82. The molecule has 1 aromatic heterocycles. The maximum atomic E-state index is 11.8. The summed E-state index contributed by atoms with van der Waals surface area (Å²) in [4.78, 5) is 9.83. The van der Waals surface area contributed by atoms with Crippen LogP contribution in [0.4, 0.5) is 0 Å². The number of ether oxygens (including phenoxy) is 1. The second kappa shape index (κ2) is 13.8. The number of aliphatic imine (C=N–C) groups is 1. The molecule has 8 nitrogen and oxygen atoms in total. The lowest BCUT2D eigenvalue weighted by Gasteiger charge is -2.39. The van der Waals surface area contributed by atoms with Crippen LogP contribution in [0.2, 0.25) is 0 Å². The van der Waals surface area contributed by atoms with Crippen LogP contribution >= 0.6 is 0 Å². The molecule has 43 heavy (non-hydrogen) atoms. The van der Waals surface area contributed by atoms with E-state index in [1.165, 1.54) is 35.3 Å². The zero-order valence-corrected chi connectivity index (χ0v) is 26.8. The Morgan fingerprint density at radius 3 is 2.44 bits per heavy atom. The molecule has 3 aromatic rings. The highest BCUT2D eigenvalue weighted by Crippen LogP contribution is 2.36. The second-order valence-corrected chi connectivity index (χ2v) is 12.7. The fourth-order valence-electron chi connectivity index (χ4n) is 6.13. The quantitative estimate of drug-likeness (QED) is 0.322. The van der Waals surface area contributed by atoms with Gasteiger partial charge in [-0.3, -0.25) is 20.7 Å². The molecule has 1 saturated heterocycles. The van der Waals surface area contributed by atoms with Crippen molar-refractivity contribution in [1.29, 1.82) is 0 Å². The van der Waals surface area contributed by atoms with Gasteiger partial charge < -0.3 is 18.4 Å². The summed E-state index contributed by atoms with van der Waals surface area (Å²) in [5.41, 5.74) is 12.3. The molecule has 3 heterocycles. The molecule has 2 aromatic carbocycles. The summed E-state index contributed by atoms with van der Waals surface area (Å²) in [6, 6.07) is 17.4. The van der Waals surface area contributed by atoms with Crippen molar-refractivity contribution in [3.05, 3.63) is 77.1 Å². The van der Waals surface area contributed by atoms with Crippen molar-refractivity contribution in [3.8, 4) is 22.7 Å². The monoisotopic (exact) mass is 599 g/mol. The Morgan fingerprint density at radius 1 is 1.02 bits per heavy atom. The summed E-state index contributed by atoms with van der Waals surface area (Å²) in [7, 11) is 2.71. The molecule has 0 amide bonds. The van der Waals surface area contributed by atoms with Gasteiger partial charge in [0.2, 0.25) is 0 Å². The number of aryl methyl sites for hydroxylation is 1. The van der Waals surface area contributed by atoms with E-state index in [0.717, 1.165) is 72.3 Å². The van der Waals surface area contributed by atoms with Gasteiger partial charge in [0.25, 0.3) is 0 Å². The van der Waals surface area contributed by atoms with Gasteiger partial charge in [0, 0.05) is 55.0 Å². The summed E-state index contributed by atoms with van der Waals surface area (Å²) in [6.45, 7) is 10.6. The number of hydrogen-bond donors (Lipinski definition) is 1. The van der Waals surface area contributed by atoms with E-state index >= 15 is 0 Å². The summed E-state index contributed by atoms with van der Waals surface area (Å²) < 4.78 is 19.8. The third-order valence-corrected chi connectivity index (χ3v) is 9.25. The number of likely N-dealkylation sites (N-methyl/N-ethyl adjacent to an activating group) is 1. The topological polar surface area (TPSA) is 74.5 Å². The van der Waals surface area contributed by atoms with E-state index in [1.54, 1.807) is 7.11 Å². The van der Waals surface area contributed by atoms with Crippen molar-refractivity contribution in [3.63, 3.8) is 0 Å². The number of hydrazone groups is 1. The average Bonchev–Trinajstić information content (AvgIpc) is 3.27. The van der Waals surface area contributed by atoms with E-state index in [-0.39, 0.29) is 0 Å². The minimum absolute atomic E-state index is 0.610. The molecular weight excluding hydrogens is 556 g/mol. The van der Waals surface area contributed by atoms with E-state index in [2.05, 4.69) is 86.1 Å². The fourth-order valence-corrected chi connectivity index (χ4v) is 6.57. The number of methoxy groups -OCH3 is 1. The van der Waals surface area contributed by atoms with Crippen LogP contribution < -0.4 is 10.2 Å². The molecule has 228 valence electrons. The zero-order chi connectivity index (χ0) is 30.5. The van der Waals surface area contributed by atoms with E-state index in [9.17, 15) is 4.21 Å². The van der Waals surface area contributed by atoms with E-state index in [0.29, 0.717) is 6.04 Å². The molecule has 1 fully saturated rings. The number of nitrogens with one attached hydrogen (secondary N) is 1. The SMILES string of the molecule is C=[S-](=O)c1ccc(-n2c(-c3ccc(OC)c(C)c3)cc3c2CCC(N2CCN(C)CC2)C3)cc1.CC1=CC(C)=NC=NN1. The molecule has 1 aliphatic carbocycles. The molecular formula is C34H43N6O2S-. The Morgan fingerprint density at radius 2 is 1.77 bits per heavy atom. The van der Waals surface area contributed by atoms with Crippen molar-refractivity contribution in [2.24, 2.45) is 10.1 Å². The van der Waals surface area contributed by atoms with Crippen molar-refractivity contribution < 1.29 is 8.95 Å². The first kappa shape index (κ1) is 30.8. The Bertz CT molecular complexity index is 1600. The molecule has 1 atom stereocenters. The summed E-state index contributed by atoms with van der Waals surface area (Å²) in [5.74, 6) is 4.57. The first-order chi connectivity index (χ1) is 20.7. The molecule has 0 bridgehead atoms. The maximum absolute atomic E-state index is 11.8. The largest absolute Gasteiger partial charge is 0.496 e. The number of hydrogen-bond acceptors (Lipinski definition) is 8. The van der Waals surface area contributed by atoms with E-state index < -0.39 is 10.4 Å². The van der Waals surface area contributed by atoms with Crippen molar-refractivity contribution >= 4 is 28.3 Å². The van der Waals surface area contributed by atoms with Gasteiger partial charge in [-0.15, -0.1) is 4.90 Å². The average molecular weight is 600 g/mol. The van der Waals surface area contributed by atoms with Crippen LogP contribution in [0.5, 0.6) is 5.75 Å². The zero-order valence-electron chi connectivity index (χ0n) is 26.0.